The molecule has 2 aromatic carbocycles. The van der Waals surface area contributed by atoms with E-state index in [1.165, 1.54) is 6.07 Å². The number of rotatable bonds is 3. The SMILES string of the molecule is Fc1cc(Cl)cc(NCc2ccc(F)cc2C(F)(F)F)c1. The molecule has 112 valence electrons. The summed E-state index contributed by atoms with van der Waals surface area (Å²) in [6, 6.07) is 5.95. The lowest BCUT2D eigenvalue weighted by atomic mass is 10.1. The Labute approximate surface area is 122 Å². The van der Waals surface area contributed by atoms with Crippen LogP contribution in [0.2, 0.25) is 5.02 Å². The van der Waals surface area contributed by atoms with E-state index < -0.39 is 23.4 Å². The molecule has 0 fully saturated rings. The largest absolute Gasteiger partial charge is 0.416 e. The first-order chi connectivity index (χ1) is 9.75. The van der Waals surface area contributed by atoms with Gasteiger partial charge < -0.3 is 5.32 Å². The highest BCUT2D eigenvalue weighted by Crippen LogP contribution is 2.33. The Bertz CT molecular complexity index is 634. The average molecular weight is 322 g/mol. The Hall–Kier alpha value is -1.82. The van der Waals surface area contributed by atoms with Crippen molar-refractivity contribution in [3.8, 4) is 0 Å². The van der Waals surface area contributed by atoms with Crippen LogP contribution in [-0.4, -0.2) is 0 Å². The minimum Gasteiger partial charge on any atom is -0.381 e. The summed E-state index contributed by atoms with van der Waals surface area (Å²) in [6.07, 6.45) is -4.67. The van der Waals surface area contributed by atoms with Crippen molar-refractivity contribution < 1.29 is 22.0 Å². The van der Waals surface area contributed by atoms with Crippen molar-refractivity contribution in [3.05, 3.63) is 64.2 Å². The molecule has 1 N–H and O–H groups in total. The number of halogens is 6. The van der Waals surface area contributed by atoms with Gasteiger partial charge in [-0.1, -0.05) is 17.7 Å². The topological polar surface area (TPSA) is 12.0 Å². The van der Waals surface area contributed by atoms with Crippen molar-refractivity contribution in [2.75, 3.05) is 5.32 Å². The van der Waals surface area contributed by atoms with E-state index in [9.17, 15) is 22.0 Å². The van der Waals surface area contributed by atoms with Crippen molar-refractivity contribution in [3.63, 3.8) is 0 Å². The third-order valence-corrected chi connectivity index (χ3v) is 2.94. The highest BCUT2D eigenvalue weighted by molar-refractivity contribution is 6.30. The quantitative estimate of drug-likeness (QED) is 0.761. The Kier molecular flexibility index (Phi) is 4.37. The summed E-state index contributed by atoms with van der Waals surface area (Å²) in [4.78, 5) is 0. The summed E-state index contributed by atoms with van der Waals surface area (Å²) < 4.78 is 64.5. The molecule has 0 aromatic heterocycles. The van der Waals surface area contributed by atoms with Crippen molar-refractivity contribution in [1.29, 1.82) is 0 Å². The monoisotopic (exact) mass is 321 g/mol. The van der Waals surface area contributed by atoms with Gasteiger partial charge >= 0.3 is 6.18 Å². The highest BCUT2D eigenvalue weighted by Gasteiger charge is 2.33. The zero-order chi connectivity index (χ0) is 15.6. The van der Waals surface area contributed by atoms with Crippen LogP contribution in [-0.2, 0) is 12.7 Å². The molecule has 2 aromatic rings. The molecule has 0 heterocycles. The number of anilines is 1. The number of benzene rings is 2. The van der Waals surface area contributed by atoms with Gasteiger partial charge in [0.2, 0.25) is 0 Å². The lowest BCUT2D eigenvalue weighted by molar-refractivity contribution is -0.138. The van der Waals surface area contributed by atoms with E-state index in [2.05, 4.69) is 5.32 Å². The van der Waals surface area contributed by atoms with Crippen LogP contribution in [0.4, 0.5) is 27.6 Å². The minimum absolute atomic E-state index is 0.118. The second kappa shape index (κ2) is 5.89. The zero-order valence-electron chi connectivity index (χ0n) is 10.4. The summed E-state index contributed by atoms with van der Waals surface area (Å²) in [5, 5.41) is 2.75. The van der Waals surface area contributed by atoms with Gasteiger partial charge in [0.1, 0.15) is 11.6 Å². The van der Waals surface area contributed by atoms with Crippen LogP contribution in [0.3, 0.4) is 0 Å². The number of hydrogen-bond acceptors (Lipinski definition) is 1. The van der Waals surface area contributed by atoms with Gasteiger partial charge in [0.05, 0.1) is 5.56 Å². The third kappa shape index (κ3) is 4.07. The van der Waals surface area contributed by atoms with Crippen molar-refractivity contribution >= 4 is 17.3 Å². The molecule has 2 rings (SSSR count). The van der Waals surface area contributed by atoms with Gasteiger partial charge in [-0.3, -0.25) is 0 Å². The molecule has 21 heavy (non-hydrogen) atoms. The van der Waals surface area contributed by atoms with Crippen LogP contribution in [0, 0.1) is 11.6 Å². The Morgan fingerprint density at radius 2 is 1.67 bits per heavy atom. The fourth-order valence-electron chi connectivity index (χ4n) is 1.82. The zero-order valence-corrected chi connectivity index (χ0v) is 11.2. The van der Waals surface area contributed by atoms with E-state index in [-0.39, 0.29) is 22.8 Å². The minimum atomic E-state index is -4.67. The average Bonchev–Trinajstić information content (AvgIpc) is 2.35. The second-order valence-electron chi connectivity index (χ2n) is 4.31. The molecule has 0 atom stereocenters. The summed E-state index contributed by atoms with van der Waals surface area (Å²) in [5.41, 5.74) is -0.987. The Morgan fingerprint density at radius 1 is 0.952 bits per heavy atom. The summed E-state index contributed by atoms with van der Waals surface area (Å²) in [5.74, 6) is -1.58. The summed E-state index contributed by atoms with van der Waals surface area (Å²) in [7, 11) is 0. The molecule has 0 saturated heterocycles. The first kappa shape index (κ1) is 15.6. The van der Waals surface area contributed by atoms with E-state index in [1.807, 2.05) is 0 Å². The smallest absolute Gasteiger partial charge is 0.381 e. The first-order valence-electron chi connectivity index (χ1n) is 5.81. The van der Waals surface area contributed by atoms with Crippen LogP contribution < -0.4 is 5.32 Å². The predicted molar refractivity (Wildman–Crippen MR) is 70.1 cm³/mol. The van der Waals surface area contributed by atoms with E-state index in [0.717, 1.165) is 24.3 Å². The standard InChI is InChI=1S/C14H9ClF5N/c15-9-3-11(17)5-12(4-9)21-7-8-1-2-10(16)6-13(8)14(18,19)20/h1-6,21H,7H2. The number of nitrogens with one attached hydrogen (secondary N) is 1. The molecule has 0 radical (unpaired) electrons. The fourth-order valence-corrected chi connectivity index (χ4v) is 2.04. The molecule has 0 unspecified atom stereocenters. The van der Waals surface area contributed by atoms with Gasteiger partial charge in [0.15, 0.2) is 0 Å². The van der Waals surface area contributed by atoms with Gasteiger partial charge in [-0.15, -0.1) is 0 Å². The van der Waals surface area contributed by atoms with Gasteiger partial charge in [-0.2, -0.15) is 13.2 Å². The maximum absolute atomic E-state index is 13.1. The summed E-state index contributed by atoms with van der Waals surface area (Å²) >= 11 is 5.65. The molecule has 1 nitrogen and oxygen atoms in total. The van der Waals surface area contributed by atoms with Crippen molar-refractivity contribution in [1.82, 2.24) is 0 Å². The molecule has 0 aliphatic heterocycles. The normalized spacial score (nSPS) is 11.5. The maximum atomic E-state index is 13.1. The van der Waals surface area contributed by atoms with Crippen LogP contribution in [0.25, 0.3) is 0 Å². The van der Waals surface area contributed by atoms with Crippen LogP contribution >= 0.6 is 11.6 Å². The Balaban J connectivity index is 2.24. The molecule has 7 heteroatoms. The molecule has 0 spiro atoms. The molecule has 0 amide bonds. The fraction of sp³-hybridized carbons (Fsp3) is 0.143. The predicted octanol–water partition coefficient (Wildman–Crippen LogP) is 5.25. The van der Waals surface area contributed by atoms with Crippen molar-refractivity contribution in [2.24, 2.45) is 0 Å². The van der Waals surface area contributed by atoms with Crippen LogP contribution in [0.15, 0.2) is 36.4 Å². The highest BCUT2D eigenvalue weighted by atomic mass is 35.5. The third-order valence-electron chi connectivity index (χ3n) is 2.72. The van der Waals surface area contributed by atoms with E-state index in [0.29, 0.717) is 6.07 Å². The molecule has 0 saturated carbocycles. The molecular formula is C14H9ClF5N. The van der Waals surface area contributed by atoms with Crippen LogP contribution in [0.1, 0.15) is 11.1 Å². The van der Waals surface area contributed by atoms with Gasteiger partial charge in [-0.05, 0) is 35.9 Å². The Morgan fingerprint density at radius 3 is 2.29 bits per heavy atom. The maximum Gasteiger partial charge on any atom is 0.416 e. The van der Waals surface area contributed by atoms with Crippen LogP contribution in [0.5, 0.6) is 0 Å². The molecule has 0 aliphatic rings. The second-order valence-corrected chi connectivity index (χ2v) is 4.75. The van der Waals surface area contributed by atoms with E-state index in [1.54, 1.807) is 0 Å². The van der Waals surface area contributed by atoms with Gasteiger partial charge in [-0.25, -0.2) is 8.78 Å². The first-order valence-corrected chi connectivity index (χ1v) is 6.19. The lowest BCUT2D eigenvalue weighted by Crippen LogP contribution is -2.12. The summed E-state index contributed by atoms with van der Waals surface area (Å²) in [6.45, 7) is -0.241. The molecule has 0 aliphatic carbocycles. The van der Waals surface area contributed by atoms with E-state index in [4.69, 9.17) is 11.6 Å². The number of hydrogen-bond donors (Lipinski definition) is 1. The molecule has 0 bridgehead atoms. The van der Waals surface area contributed by atoms with Gasteiger partial charge in [0, 0.05) is 17.3 Å². The van der Waals surface area contributed by atoms with Crippen molar-refractivity contribution in [2.45, 2.75) is 12.7 Å². The molecular weight excluding hydrogens is 313 g/mol. The van der Waals surface area contributed by atoms with Gasteiger partial charge in [0.25, 0.3) is 0 Å². The number of alkyl halides is 3. The lowest BCUT2D eigenvalue weighted by Gasteiger charge is -2.14. The van der Waals surface area contributed by atoms with E-state index >= 15 is 0 Å².